The third-order valence-corrected chi connectivity index (χ3v) is 4.41. The Balaban J connectivity index is 1.48. The van der Waals surface area contributed by atoms with Crippen LogP contribution in [0.4, 0.5) is 5.82 Å². The molecular weight excluding hydrogens is 334 g/mol. The van der Waals surface area contributed by atoms with E-state index < -0.39 is 0 Å². The first kappa shape index (κ1) is 17.8. The number of carbonyl (C=O) groups is 1. The highest BCUT2D eigenvalue weighted by molar-refractivity contribution is 5.72. The summed E-state index contributed by atoms with van der Waals surface area (Å²) in [6.07, 6.45) is 3.89. The number of aromatic nitrogens is 5. The van der Waals surface area contributed by atoms with Crippen LogP contribution in [0.3, 0.4) is 0 Å². The number of esters is 1. The van der Waals surface area contributed by atoms with Gasteiger partial charge in [0.1, 0.15) is 11.9 Å². The first-order chi connectivity index (χ1) is 12.7. The maximum atomic E-state index is 12.3. The van der Waals surface area contributed by atoms with Gasteiger partial charge in [-0.1, -0.05) is 6.92 Å². The first-order valence-electron chi connectivity index (χ1n) is 8.74. The molecule has 0 amide bonds. The predicted molar refractivity (Wildman–Crippen MR) is 91.8 cm³/mol. The van der Waals surface area contributed by atoms with E-state index in [-0.39, 0.29) is 18.5 Å². The smallest absolute Gasteiger partial charge is 0.309 e. The van der Waals surface area contributed by atoms with E-state index >= 15 is 0 Å². The monoisotopic (exact) mass is 355 g/mol. The molecule has 0 spiro atoms. The van der Waals surface area contributed by atoms with Gasteiger partial charge in [-0.25, -0.2) is 9.67 Å². The highest BCUT2D eigenvalue weighted by Gasteiger charge is 2.27. The number of rotatable bonds is 6. The van der Waals surface area contributed by atoms with Crippen LogP contribution < -0.4 is 4.90 Å². The summed E-state index contributed by atoms with van der Waals surface area (Å²) in [5, 5.41) is 20.2. The molecule has 3 heterocycles. The van der Waals surface area contributed by atoms with Crippen molar-refractivity contribution < 1.29 is 9.53 Å². The minimum Gasteiger partial charge on any atom is -0.457 e. The van der Waals surface area contributed by atoms with Gasteiger partial charge in [0.25, 0.3) is 0 Å². The fourth-order valence-corrected chi connectivity index (χ4v) is 2.95. The largest absolute Gasteiger partial charge is 0.457 e. The SMILES string of the molecule is CCCn1nnnc1COC(=O)C1CCN(c2ccc(C#N)cn2)CC1. The van der Waals surface area contributed by atoms with Crippen LogP contribution >= 0.6 is 0 Å². The van der Waals surface area contributed by atoms with Crippen molar-refractivity contribution in [1.82, 2.24) is 25.2 Å². The Kier molecular flexibility index (Phi) is 5.73. The number of pyridine rings is 1. The number of carbonyl (C=O) groups excluding carboxylic acids is 1. The van der Waals surface area contributed by atoms with Crippen molar-refractivity contribution in [3.05, 3.63) is 29.7 Å². The maximum absolute atomic E-state index is 12.3. The summed E-state index contributed by atoms with van der Waals surface area (Å²) in [6.45, 7) is 4.30. The fourth-order valence-electron chi connectivity index (χ4n) is 2.95. The molecule has 1 saturated heterocycles. The van der Waals surface area contributed by atoms with E-state index in [1.807, 2.05) is 13.0 Å². The molecule has 1 aliphatic rings. The summed E-state index contributed by atoms with van der Waals surface area (Å²) >= 11 is 0. The third-order valence-electron chi connectivity index (χ3n) is 4.41. The molecule has 0 unspecified atom stereocenters. The van der Waals surface area contributed by atoms with Crippen molar-refractivity contribution in [2.75, 3.05) is 18.0 Å². The Morgan fingerprint density at radius 1 is 1.38 bits per heavy atom. The number of nitriles is 1. The van der Waals surface area contributed by atoms with Crippen molar-refractivity contribution in [2.45, 2.75) is 39.3 Å². The lowest BCUT2D eigenvalue weighted by atomic mass is 9.97. The second-order valence-corrected chi connectivity index (χ2v) is 6.20. The van der Waals surface area contributed by atoms with Crippen LogP contribution in [0.15, 0.2) is 18.3 Å². The van der Waals surface area contributed by atoms with Gasteiger partial charge < -0.3 is 9.64 Å². The van der Waals surface area contributed by atoms with E-state index in [2.05, 4.69) is 31.5 Å². The number of ether oxygens (including phenoxy) is 1. The van der Waals surface area contributed by atoms with Crippen LogP contribution in [-0.4, -0.2) is 44.3 Å². The molecule has 136 valence electrons. The van der Waals surface area contributed by atoms with Crippen molar-refractivity contribution in [1.29, 1.82) is 5.26 Å². The predicted octanol–water partition coefficient (Wildman–Crippen LogP) is 1.31. The van der Waals surface area contributed by atoms with Gasteiger partial charge in [0.15, 0.2) is 12.4 Å². The lowest BCUT2D eigenvalue weighted by Crippen LogP contribution is -2.37. The molecule has 0 atom stereocenters. The normalized spacial score (nSPS) is 14.8. The van der Waals surface area contributed by atoms with Gasteiger partial charge >= 0.3 is 5.97 Å². The number of anilines is 1. The zero-order valence-electron chi connectivity index (χ0n) is 14.7. The van der Waals surface area contributed by atoms with Crippen molar-refractivity contribution >= 4 is 11.8 Å². The van der Waals surface area contributed by atoms with E-state index in [9.17, 15) is 4.79 Å². The summed E-state index contributed by atoms with van der Waals surface area (Å²) in [5.74, 6) is 1.07. The van der Waals surface area contributed by atoms with Gasteiger partial charge in [-0.2, -0.15) is 5.26 Å². The van der Waals surface area contributed by atoms with Crippen LogP contribution in [0.1, 0.15) is 37.6 Å². The molecule has 0 radical (unpaired) electrons. The lowest BCUT2D eigenvalue weighted by molar-refractivity contribution is -0.151. The highest BCUT2D eigenvalue weighted by Crippen LogP contribution is 2.23. The first-order valence-corrected chi connectivity index (χ1v) is 8.74. The topological polar surface area (TPSA) is 110 Å². The second-order valence-electron chi connectivity index (χ2n) is 6.20. The van der Waals surface area contributed by atoms with E-state index in [1.54, 1.807) is 16.9 Å². The van der Waals surface area contributed by atoms with Crippen molar-refractivity contribution in [3.8, 4) is 6.07 Å². The van der Waals surface area contributed by atoms with Crippen molar-refractivity contribution in [2.24, 2.45) is 5.92 Å². The van der Waals surface area contributed by atoms with E-state index in [1.165, 1.54) is 0 Å². The Morgan fingerprint density at radius 2 is 2.19 bits per heavy atom. The summed E-state index contributed by atoms with van der Waals surface area (Å²) in [7, 11) is 0. The van der Waals surface area contributed by atoms with Gasteiger partial charge in [0.05, 0.1) is 11.5 Å². The average Bonchev–Trinajstić information content (AvgIpc) is 3.14. The van der Waals surface area contributed by atoms with Crippen LogP contribution in [0.2, 0.25) is 0 Å². The molecule has 26 heavy (non-hydrogen) atoms. The van der Waals surface area contributed by atoms with Crippen LogP contribution in [0.25, 0.3) is 0 Å². The standard InChI is InChI=1S/C17H21N7O2/c1-2-7-24-16(20-21-22-24)12-26-17(25)14-5-8-23(9-6-14)15-4-3-13(10-18)11-19-15/h3-4,11,14H,2,5-9,12H2,1H3. The van der Waals surface area contributed by atoms with Gasteiger partial charge in [-0.15, -0.1) is 5.10 Å². The van der Waals surface area contributed by atoms with Gasteiger partial charge in [-0.3, -0.25) is 4.79 Å². The summed E-state index contributed by atoms with van der Waals surface area (Å²) in [4.78, 5) is 18.7. The lowest BCUT2D eigenvalue weighted by Gasteiger charge is -2.31. The number of nitrogens with zero attached hydrogens (tertiary/aromatic N) is 7. The van der Waals surface area contributed by atoms with Crippen LogP contribution in [0, 0.1) is 17.2 Å². The molecule has 9 heteroatoms. The number of piperidine rings is 1. The number of tetrazole rings is 1. The highest BCUT2D eigenvalue weighted by atomic mass is 16.5. The molecule has 0 aromatic carbocycles. The number of hydrogen-bond donors (Lipinski definition) is 0. The van der Waals surface area contributed by atoms with E-state index in [0.717, 1.165) is 25.3 Å². The molecule has 1 aliphatic heterocycles. The van der Waals surface area contributed by atoms with Crippen molar-refractivity contribution in [3.63, 3.8) is 0 Å². The molecule has 0 aliphatic carbocycles. The Labute approximate surface area is 151 Å². The van der Waals surface area contributed by atoms with E-state index in [4.69, 9.17) is 10.00 Å². The molecule has 9 nitrogen and oxygen atoms in total. The molecule has 2 aromatic rings. The Morgan fingerprint density at radius 3 is 2.85 bits per heavy atom. The zero-order valence-corrected chi connectivity index (χ0v) is 14.7. The average molecular weight is 355 g/mol. The summed E-state index contributed by atoms with van der Waals surface area (Å²) in [6, 6.07) is 5.65. The minimum atomic E-state index is -0.205. The quantitative estimate of drug-likeness (QED) is 0.713. The maximum Gasteiger partial charge on any atom is 0.309 e. The summed E-state index contributed by atoms with van der Waals surface area (Å²) in [5.41, 5.74) is 0.539. The molecule has 0 N–H and O–H groups in total. The van der Waals surface area contributed by atoms with E-state index in [0.29, 0.717) is 30.8 Å². The Hall–Kier alpha value is -3.02. The summed E-state index contributed by atoms with van der Waals surface area (Å²) < 4.78 is 7.07. The Bertz CT molecular complexity index is 773. The van der Waals surface area contributed by atoms with Crippen LogP contribution in [0.5, 0.6) is 0 Å². The van der Waals surface area contributed by atoms with Gasteiger partial charge in [-0.05, 0) is 41.8 Å². The molecule has 1 fully saturated rings. The molecule has 0 bridgehead atoms. The molecular formula is C17H21N7O2. The second kappa shape index (κ2) is 8.38. The van der Waals surface area contributed by atoms with Gasteiger partial charge in [0.2, 0.25) is 0 Å². The zero-order chi connectivity index (χ0) is 18.4. The van der Waals surface area contributed by atoms with Crippen LogP contribution in [-0.2, 0) is 22.7 Å². The number of hydrogen-bond acceptors (Lipinski definition) is 8. The van der Waals surface area contributed by atoms with Gasteiger partial charge in [0, 0.05) is 25.8 Å². The molecule has 2 aromatic heterocycles. The third kappa shape index (κ3) is 4.14. The molecule has 3 rings (SSSR count). The number of aryl methyl sites for hydroxylation is 1. The molecule has 0 saturated carbocycles. The minimum absolute atomic E-state index is 0.100. The fraction of sp³-hybridized carbons (Fsp3) is 0.529.